The molecule has 2 aliphatic rings. The molecule has 2 aliphatic heterocycles. The van der Waals surface area contributed by atoms with Crippen LogP contribution in [0, 0.1) is 0 Å². The summed E-state index contributed by atoms with van der Waals surface area (Å²) in [5, 5.41) is 12.6. The van der Waals surface area contributed by atoms with E-state index in [4.69, 9.17) is 0 Å². The standard InChI is InChI=1S/C24H29N5O2/c1-27(15-19-4-2-3-9-26-19)16-23(30)29-20-5-6-21(29)13-24(31,12-20)17-28-11-8-18-7-10-25-14-22(18)28/h2-4,7-11,14,20-21,31H,5-6,12-13,15-17H2,1H3/t20-,21-/m1/s1. The maximum absolute atomic E-state index is 13.1. The molecule has 31 heavy (non-hydrogen) atoms. The van der Waals surface area contributed by atoms with Gasteiger partial charge in [0, 0.05) is 42.6 Å². The van der Waals surface area contributed by atoms with Crippen LogP contribution >= 0.6 is 0 Å². The van der Waals surface area contributed by atoms with Crippen LogP contribution in [0.5, 0.6) is 0 Å². The monoisotopic (exact) mass is 419 g/mol. The molecule has 0 aliphatic carbocycles. The van der Waals surface area contributed by atoms with Crippen molar-refractivity contribution in [3.63, 3.8) is 0 Å². The lowest BCUT2D eigenvalue weighted by atomic mass is 9.85. The van der Waals surface area contributed by atoms with Crippen molar-refractivity contribution < 1.29 is 9.90 Å². The largest absolute Gasteiger partial charge is 0.388 e. The van der Waals surface area contributed by atoms with Crippen molar-refractivity contribution >= 4 is 16.8 Å². The first-order chi connectivity index (χ1) is 15.0. The molecule has 5 heterocycles. The van der Waals surface area contributed by atoms with Crippen LogP contribution in [0.15, 0.2) is 55.1 Å². The molecule has 3 aromatic rings. The number of carbonyl (C=O) groups is 1. The Bertz CT molecular complexity index is 1050. The quantitative estimate of drug-likeness (QED) is 0.664. The number of aliphatic hydroxyl groups is 1. The predicted octanol–water partition coefficient (Wildman–Crippen LogP) is 2.45. The summed E-state index contributed by atoms with van der Waals surface area (Å²) in [6, 6.07) is 10.1. The van der Waals surface area contributed by atoms with Crippen molar-refractivity contribution in [2.45, 2.75) is 56.5 Å². The molecule has 5 rings (SSSR count). The Morgan fingerprint density at radius 2 is 2.00 bits per heavy atom. The molecule has 0 radical (unpaired) electrons. The highest BCUT2D eigenvalue weighted by atomic mass is 16.3. The fourth-order valence-electron chi connectivity index (χ4n) is 5.48. The van der Waals surface area contributed by atoms with Crippen LogP contribution in [0.1, 0.15) is 31.4 Å². The Kier molecular flexibility index (Phi) is 5.24. The smallest absolute Gasteiger partial charge is 0.237 e. The van der Waals surface area contributed by atoms with Crippen LogP contribution in [0.3, 0.4) is 0 Å². The zero-order valence-corrected chi connectivity index (χ0v) is 17.9. The summed E-state index contributed by atoms with van der Waals surface area (Å²) in [5.41, 5.74) is 1.20. The number of amides is 1. The Hall–Kier alpha value is -2.77. The van der Waals surface area contributed by atoms with E-state index < -0.39 is 5.60 Å². The molecule has 2 bridgehead atoms. The molecule has 162 valence electrons. The van der Waals surface area contributed by atoms with Gasteiger partial charge in [0.1, 0.15) is 0 Å². The van der Waals surface area contributed by atoms with Gasteiger partial charge in [0.05, 0.1) is 36.1 Å². The summed E-state index contributed by atoms with van der Waals surface area (Å²) >= 11 is 0. The number of rotatable bonds is 6. The van der Waals surface area contributed by atoms with Crippen molar-refractivity contribution in [3.05, 3.63) is 60.8 Å². The third kappa shape index (κ3) is 4.07. The molecule has 2 atom stereocenters. The van der Waals surface area contributed by atoms with Crippen molar-refractivity contribution in [2.24, 2.45) is 0 Å². The lowest BCUT2D eigenvalue weighted by Gasteiger charge is -2.44. The summed E-state index contributed by atoms with van der Waals surface area (Å²) in [6.45, 7) is 1.56. The van der Waals surface area contributed by atoms with Crippen LogP contribution in [0.4, 0.5) is 0 Å². The average Bonchev–Trinajstić information content (AvgIpc) is 3.27. The van der Waals surface area contributed by atoms with Crippen LogP contribution in [0.25, 0.3) is 10.9 Å². The number of pyridine rings is 2. The average molecular weight is 420 g/mol. The molecular weight excluding hydrogens is 390 g/mol. The lowest BCUT2D eigenvalue weighted by molar-refractivity contribution is -0.143. The second kappa shape index (κ2) is 8.05. The van der Waals surface area contributed by atoms with Crippen molar-refractivity contribution in [3.8, 4) is 0 Å². The number of likely N-dealkylation sites (N-methyl/N-ethyl adjacent to an activating group) is 1. The lowest BCUT2D eigenvalue weighted by Crippen LogP contribution is -2.56. The minimum absolute atomic E-state index is 0.111. The van der Waals surface area contributed by atoms with Gasteiger partial charge in [-0.3, -0.25) is 19.7 Å². The predicted molar refractivity (Wildman–Crippen MR) is 118 cm³/mol. The number of hydrogen-bond acceptors (Lipinski definition) is 5. The zero-order valence-electron chi connectivity index (χ0n) is 17.9. The molecule has 2 saturated heterocycles. The Balaban J connectivity index is 1.24. The maximum atomic E-state index is 13.1. The van der Waals surface area contributed by atoms with Crippen molar-refractivity contribution in [1.82, 2.24) is 24.3 Å². The van der Waals surface area contributed by atoms with Crippen LogP contribution < -0.4 is 0 Å². The van der Waals surface area contributed by atoms with Crippen LogP contribution in [-0.2, 0) is 17.9 Å². The second-order valence-corrected chi connectivity index (χ2v) is 9.19. The van der Waals surface area contributed by atoms with E-state index in [-0.39, 0.29) is 18.0 Å². The van der Waals surface area contributed by atoms with Crippen LogP contribution in [0.2, 0.25) is 0 Å². The van der Waals surface area contributed by atoms with Gasteiger partial charge >= 0.3 is 0 Å². The van der Waals surface area contributed by atoms with E-state index in [1.54, 1.807) is 12.4 Å². The van der Waals surface area contributed by atoms with Gasteiger partial charge in [-0.2, -0.15) is 0 Å². The van der Waals surface area contributed by atoms with E-state index in [1.807, 2.05) is 48.6 Å². The summed E-state index contributed by atoms with van der Waals surface area (Å²) < 4.78 is 2.10. The molecule has 0 saturated carbocycles. The van der Waals surface area contributed by atoms with E-state index in [1.165, 1.54) is 0 Å². The Morgan fingerprint density at radius 3 is 2.74 bits per heavy atom. The first-order valence-electron chi connectivity index (χ1n) is 11.0. The molecule has 7 heteroatoms. The fourth-order valence-corrected chi connectivity index (χ4v) is 5.48. The molecular formula is C24H29N5O2. The van der Waals surface area contributed by atoms with Gasteiger partial charge in [0.2, 0.25) is 5.91 Å². The molecule has 2 fully saturated rings. The van der Waals surface area contributed by atoms with Gasteiger partial charge in [-0.1, -0.05) is 6.07 Å². The minimum atomic E-state index is -0.801. The van der Waals surface area contributed by atoms with E-state index in [0.29, 0.717) is 32.5 Å². The normalized spacial score (nSPS) is 25.5. The molecule has 3 aromatic heterocycles. The van der Waals surface area contributed by atoms with E-state index in [9.17, 15) is 9.90 Å². The third-order valence-electron chi connectivity index (χ3n) is 6.74. The number of piperidine rings is 1. The highest BCUT2D eigenvalue weighted by Gasteiger charge is 2.49. The summed E-state index contributed by atoms with van der Waals surface area (Å²) in [7, 11) is 1.96. The third-order valence-corrected chi connectivity index (χ3v) is 6.74. The second-order valence-electron chi connectivity index (χ2n) is 9.19. The summed E-state index contributed by atoms with van der Waals surface area (Å²) in [4.78, 5) is 25.8. The Labute approximate surface area is 182 Å². The number of fused-ring (bicyclic) bond motifs is 3. The first kappa shape index (κ1) is 20.2. The van der Waals surface area contributed by atoms with Gasteiger partial charge < -0.3 is 14.6 Å². The van der Waals surface area contributed by atoms with E-state index >= 15 is 0 Å². The zero-order chi connectivity index (χ0) is 21.4. The summed E-state index contributed by atoms with van der Waals surface area (Å²) in [5.74, 6) is 0.156. The highest BCUT2D eigenvalue weighted by Crippen LogP contribution is 2.42. The van der Waals surface area contributed by atoms with Gasteiger partial charge in [-0.15, -0.1) is 0 Å². The maximum Gasteiger partial charge on any atom is 0.237 e. The minimum Gasteiger partial charge on any atom is -0.388 e. The SMILES string of the molecule is CN(CC(=O)N1[C@@H]2CC[C@@H]1CC(O)(Cn1ccc3ccncc31)C2)Cc1ccccn1. The topological polar surface area (TPSA) is 74.5 Å². The van der Waals surface area contributed by atoms with Gasteiger partial charge in [0.25, 0.3) is 0 Å². The van der Waals surface area contributed by atoms with Gasteiger partial charge in [-0.25, -0.2) is 0 Å². The molecule has 0 spiro atoms. The van der Waals surface area contributed by atoms with Crippen LogP contribution in [-0.4, -0.2) is 66.6 Å². The summed E-state index contributed by atoms with van der Waals surface area (Å²) in [6.07, 6.45) is 10.6. The van der Waals surface area contributed by atoms with Crippen molar-refractivity contribution in [1.29, 1.82) is 0 Å². The molecule has 1 amide bonds. The van der Waals surface area contributed by atoms with Gasteiger partial charge in [-0.05, 0) is 57.0 Å². The first-order valence-corrected chi connectivity index (χ1v) is 11.0. The number of hydrogen-bond donors (Lipinski definition) is 1. The number of aromatic nitrogens is 3. The molecule has 0 aromatic carbocycles. The highest BCUT2D eigenvalue weighted by molar-refractivity contribution is 5.80. The Morgan fingerprint density at radius 1 is 1.19 bits per heavy atom. The number of carbonyl (C=O) groups excluding carboxylic acids is 1. The molecule has 1 N–H and O–H groups in total. The molecule has 7 nitrogen and oxygen atoms in total. The van der Waals surface area contributed by atoms with E-state index in [2.05, 4.69) is 25.5 Å². The molecule has 0 unspecified atom stereocenters. The van der Waals surface area contributed by atoms with E-state index in [0.717, 1.165) is 29.4 Å². The van der Waals surface area contributed by atoms with Crippen molar-refractivity contribution in [2.75, 3.05) is 13.6 Å². The number of nitrogens with zero attached hydrogens (tertiary/aromatic N) is 5. The van der Waals surface area contributed by atoms with Gasteiger partial charge in [0.15, 0.2) is 0 Å². The fraction of sp³-hybridized carbons (Fsp3) is 0.458.